The first-order chi connectivity index (χ1) is 17.2. The van der Waals surface area contributed by atoms with E-state index in [9.17, 15) is 19.6 Å². The van der Waals surface area contributed by atoms with Gasteiger partial charge in [-0.1, -0.05) is 37.3 Å². The maximum absolute atomic E-state index is 13.2. The number of likely N-dealkylation sites (tertiary alicyclic amines) is 1. The minimum absolute atomic E-state index is 0.0887. The molecule has 0 spiro atoms. The van der Waals surface area contributed by atoms with Crippen molar-refractivity contribution in [3.63, 3.8) is 0 Å². The van der Waals surface area contributed by atoms with Gasteiger partial charge in [-0.15, -0.1) is 0 Å². The van der Waals surface area contributed by atoms with E-state index in [2.05, 4.69) is 40.7 Å². The van der Waals surface area contributed by atoms with Crippen LogP contribution in [0.15, 0.2) is 53.4 Å². The van der Waals surface area contributed by atoms with Gasteiger partial charge in [-0.25, -0.2) is 5.10 Å². The lowest BCUT2D eigenvalue weighted by molar-refractivity contribution is -0.133. The Morgan fingerprint density at radius 2 is 2.03 bits per heavy atom. The number of nitriles is 1. The zero-order chi connectivity index (χ0) is 25.9. The minimum Gasteiger partial charge on any atom is -0.343 e. The number of aromatic nitrogens is 2. The second kappa shape index (κ2) is 10.3. The van der Waals surface area contributed by atoms with Crippen LogP contribution in [0.5, 0.6) is 0 Å². The number of rotatable bonds is 6. The van der Waals surface area contributed by atoms with E-state index >= 15 is 0 Å². The molecular formula is C28H31N5O3. The number of H-pyrrole nitrogens is 1. The molecule has 186 valence electrons. The summed E-state index contributed by atoms with van der Waals surface area (Å²) in [6, 6.07) is 8.72. The summed E-state index contributed by atoms with van der Waals surface area (Å²) in [5.41, 5.74) is 3.11. The fraction of sp³-hybridized carbons (Fsp3) is 0.393. The summed E-state index contributed by atoms with van der Waals surface area (Å²) < 4.78 is 0. The molecule has 1 unspecified atom stereocenters. The van der Waals surface area contributed by atoms with Crippen LogP contribution in [0.4, 0.5) is 0 Å². The molecular weight excluding hydrogens is 454 g/mol. The van der Waals surface area contributed by atoms with Gasteiger partial charge in [0.1, 0.15) is 6.04 Å². The Morgan fingerprint density at radius 3 is 2.72 bits per heavy atom. The van der Waals surface area contributed by atoms with Crippen molar-refractivity contribution in [1.82, 2.24) is 20.4 Å². The zero-order valence-electron chi connectivity index (χ0n) is 20.9. The maximum Gasteiger partial charge on any atom is 0.267 e. The van der Waals surface area contributed by atoms with Gasteiger partial charge in [-0.2, -0.15) is 10.4 Å². The molecule has 0 bridgehead atoms. The second-order valence-corrected chi connectivity index (χ2v) is 9.90. The first-order valence-corrected chi connectivity index (χ1v) is 12.2. The highest BCUT2D eigenvalue weighted by Crippen LogP contribution is 2.41. The fourth-order valence-electron chi connectivity index (χ4n) is 5.21. The Kier molecular flexibility index (Phi) is 7.20. The number of hydrogen-bond donors (Lipinski definition) is 2. The van der Waals surface area contributed by atoms with E-state index in [-0.39, 0.29) is 35.4 Å². The van der Waals surface area contributed by atoms with Crippen LogP contribution in [-0.2, 0) is 11.2 Å². The lowest BCUT2D eigenvalue weighted by atomic mass is 9.76. The second-order valence-electron chi connectivity index (χ2n) is 9.90. The first-order valence-electron chi connectivity index (χ1n) is 12.2. The molecule has 8 nitrogen and oxygen atoms in total. The topological polar surface area (TPSA) is 119 Å². The van der Waals surface area contributed by atoms with Gasteiger partial charge in [0.15, 0.2) is 0 Å². The molecule has 8 heteroatoms. The normalized spacial score (nSPS) is 22.9. The van der Waals surface area contributed by atoms with Crippen LogP contribution in [0.25, 0.3) is 0 Å². The summed E-state index contributed by atoms with van der Waals surface area (Å²) in [5.74, 6) is -0.603. The van der Waals surface area contributed by atoms with E-state index in [1.165, 1.54) is 0 Å². The molecule has 1 fully saturated rings. The number of carbonyl (C=O) groups excluding carboxylic acids is 2. The predicted octanol–water partition coefficient (Wildman–Crippen LogP) is 3.11. The van der Waals surface area contributed by atoms with Crippen LogP contribution >= 0.6 is 0 Å². The fourth-order valence-corrected chi connectivity index (χ4v) is 5.21. The van der Waals surface area contributed by atoms with E-state index in [1.807, 2.05) is 32.1 Å². The molecule has 1 aliphatic heterocycles. The summed E-state index contributed by atoms with van der Waals surface area (Å²) in [6.07, 6.45) is 10.8. The van der Waals surface area contributed by atoms with Crippen molar-refractivity contribution in [2.24, 2.45) is 5.41 Å². The molecule has 2 N–H and O–H groups in total. The van der Waals surface area contributed by atoms with Crippen LogP contribution < -0.4 is 10.9 Å². The first kappa shape index (κ1) is 25.1. The van der Waals surface area contributed by atoms with E-state index < -0.39 is 6.04 Å². The van der Waals surface area contributed by atoms with Crippen molar-refractivity contribution in [3.05, 3.63) is 86.9 Å². The van der Waals surface area contributed by atoms with Crippen LogP contribution in [0.2, 0.25) is 0 Å². The lowest BCUT2D eigenvalue weighted by Crippen LogP contribution is -2.51. The molecule has 1 aliphatic carbocycles. The average molecular weight is 486 g/mol. The van der Waals surface area contributed by atoms with Crippen LogP contribution in [0.3, 0.4) is 0 Å². The highest BCUT2D eigenvalue weighted by Gasteiger charge is 2.45. The molecule has 1 aromatic heterocycles. The molecule has 2 aromatic rings. The summed E-state index contributed by atoms with van der Waals surface area (Å²) >= 11 is 0. The molecule has 4 rings (SSSR count). The average Bonchev–Trinajstić information content (AvgIpc) is 3.31. The Labute approximate surface area is 210 Å². The van der Waals surface area contributed by atoms with Gasteiger partial charge in [0.05, 0.1) is 18.3 Å². The zero-order valence-corrected chi connectivity index (χ0v) is 20.9. The van der Waals surface area contributed by atoms with E-state index in [4.69, 9.17) is 0 Å². The number of nitrogens with one attached hydrogen (secondary N) is 2. The number of benzene rings is 1. The quantitative estimate of drug-likeness (QED) is 0.652. The van der Waals surface area contributed by atoms with Crippen LogP contribution in [-0.4, -0.2) is 45.5 Å². The van der Waals surface area contributed by atoms with Crippen LogP contribution in [0, 0.1) is 30.6 Å². The third kappa shape index (κ3) is 5.15. The summed E-state index contributed by atoms with van der Waals surface area (Å²) in [6.45, 7) is 5.64. The summed E-state index contributed by atoms with van der Waals surface area (Å²) in [5, 5.41) is 18.8. The number of allylic oxidation sites excluding steroid dienone is 3. The standard InChI is InChI=1S/C28H31N5O3/c1-18-13-21(8-7-20(18)15-22-14-19(2)31-32-27(22)36)26(35)30-17-25(34)33-23(16-29)9-10-24(33)28(3)11-5-4-6-12-28/h4-8,11,13-14,23-24H,9-10,12,15,17H2,1-3H3,(H,30,35)(H,32,36)/t23-,24+,28?/m1/s1. The number of carbonyl (C=O) groups is 2. The largest absolute Gasteiger partial charge is 0.343 e. The number of aromatic amines is 1. The monoisotopic (exact) mass is 485 g/mol. The molecule has 36 heavy (non-hydrogen) atoms. The molecule has 2 heterocycles. The van der Waals surface area contributed by atoms with Gasteiger partial charge < -0.3 is 10.2 Å². The van der Waals surface area contributed by atoms with Crippen LogP contribution in [0.1, 0.15) is 58.9 Å². The molecule has 1 aromatic carbocycles. The van der Waals surface area contributed by atoms with E-state index in [0.29, 0.717) is 24.0 Å². The van der Waals surface area contributed by atoms with E-state index in [0.717, 1.165) is 29.7 Å². The van der Waals surface area contributed by atoms with Crippen molar-refractivity contribution in [3.8, 4) is 6.07 Å². The number of aryl methyl sites for hydroxylation is 2. The van der Waals surface area contributed by atoms with E-state index in [1.54, 1.807) is 23.1 Å². The van der Waals surface area contributed by atoms with Crippen molar-refractivity contribution < 1.29 is 9.59 Å². The third-order valence-electron chi connectivity index (χ3n) is 7.26. The van der Waals surface area contributed by atoms with Gasteiger partial charge in [-0.05, 0) is 62.4 Å². The number of amides is 2. The van der Waals surface area contributed by atoms with Gasteiger partial charge in [0.25, 0.3) is 11.5 Å². The third-order valence-corrected chi connectivity index (χ3v) is 7.26. The summed E-state index contributed by atoms with van der Waals surface area (Å²) in [7, 11) is 0. The SMILES string of the molecule is Cc1cc(Cc2ccc(C(=O)NCC(=O)N3[C@H](C4(C)C=CC=CC4)CC[C@@H]3C#N)cc2C)c(=O)[nH]n1. The highest BCUT2D eigenvalue weighted by atomic mass is 16.2. The van der Waals surface area contributed by atoms with Gasteiger partial charge >= 0.3 is 0 Å². The Morgan fingerprint density at radius 1 is 1.22 bits per heavy atom. The van der Waals surface area contributed by atoms with Crippen molar-refractivity contribution >= 4 is 11.8 Å². The number of nitrogens with zero attached hydrogens (tertiary/aromatic N) is 3. The predicted molar refractivity (Wildman–Crippen MR) is 136 cm³/mol. The number of hydrogen-bond acceptors (Lipinski definition) is 5. The molecule has 2 amide bonds. The highest BCUT2D eigenvalue weighted by molar-refractivity contribution is 5.96. The molecule has 0 saturated carbocycles. The Balaban J connectivity index is 1.43. The molecule has 0 radical (unpaired) electrons. The van der Waals surface area contributed by atoms with Gasteiger partial charge in [0.2, 0.25) is 5.91 Å². The minimum atomic E-state index is -0.489. The molecule has 2 aliphatic rings. The molecule has 1 saturated heterocycles. The Bertz CT molecular complexity index is 1340. The maximum atomic E-state index is 13.2. The van der Waals surface area contributed by atoms with Crippen molar-refractivity contribution in [2.75, 3.05) is 6.54 Å². The lowest BCUT2D eigenvalue weighted by Gasteiger charge is -2.40. The Hall–Kier alpha value is -3.99. The van der Waals surface area contributed by atoms with Crippen molar-refractivity contribution in [2.45, 2.75) is 58.5 Å². The molecule has 3 atom stereocenters. The van der Waals surface area contributed by atoms with Gasteiger partial charge in [0, 0.05) is 29.0 Å². The van der Waals surface area contributed by atoms with Gasteiger partial charge in [-0.3, -0.25) is 14.4 Å². The summed E-state index contributed by atoms with van der Waals surface area (Å²) in [4.78, 5) is 39.8. The smallest absolute Gasteiger partial charge is 0.267 e. The van der Waals surface area contributed by atoms with Crippen molar-refractivity contribution in [1.29, 1.82) is 5.26 Å².